The molecule has 0 saturated carbocycles. The molecule has 0 saturated heterocycles. The Morgan fingerprint density at radius 3 is 2.56 bits per heavy atom. The second-order valence-corrected chi connectivity index (χ2v) is 7.77. The van der Waals surface area contributed by atoms with Crippen molar-refractivity contribution in [1.29, 1.82) is 0 Å². The fourth-order valence-electron chi connectivity index (χ4n) is 3.07. The molecule has 1 aliphatic heterocycles. The summed E-state index contributed by atoms with van der Waals surface area (Å²) in [5.41, 5.74) is 2.14. The van der Waals surface area contributed by atoms with Gasteiger partial charge in [0.05, 0.1) is 0 Å². The van der Waals surface area contributed by atoms with Gasteiger partial charge in [-0.1, -0.05) is 36.4 Å². The predicted molar refractivity (Wildman–Crippen MR) is 103 cm³/mol. The molecule has 0 fully saturated rings. The number of hydrogen-bond donors (Lipinski definition) is 0. The number of ether oxygens (including phenoxy) is 1. The van der Waals surface area contributed by atoms with Crippen LogP contribution in [0.1, 0.15) is 38.3 Å². The van der Waals surface area contributed by atoms with Crippen molar-refractivity contribution in [2.75, 3.05) is 13.1 Å². The molecule has 1 aliphatic rings. The Morgan fingerprint density at radius 2 is 1.96 bits per heavy atom. The molecule has 0 aliphatic carbocycles. The Kier molecular flexibility index (Phi) is 5.59. The number of nitrogens with zero attached hydrogens (tertiary/aromatic N) is 2. The number of carbonyl (C=O) groups is 1. The minimum absolute atomic E-state index is 0.245. The van der Waals surface area contributed by atoms with Gasteiger partial charge in [-0.15, -0.1) is 0 Å². The zero-order chi connectivity index (χ0) is 19.4. The molecule has 0 spiro atoms. The molecule has 0 unspecified atom stereocenters. The smallest absolute Gasteiger partial charge is 0.410 e. The molecular formula is C22H26FN2O2+. The average molecular weight is 369 g/mol. The largest absolute Gasteiger partial charge is 0.444 e. The molecule has 0 bridgehead atoms. The lowest BCUT2D eigenvalue weighted by Crippen LogP contribution is -2.39. The molecule has 27 heavy (non-hydrogen) atoms. The highest BCUT2D eigenvalue weighted by Gasteiger charge is 2.25. The number of pyridine rings is 1. The molecule has 0 radical (unpaired) electrons. The summed E-state index contributed by atoms with van der Waals surface area (Å²) in [6, 6.07) is 11.8. The van der Waals surface area contributed by atoms with Crippen molar-refractivity contribution in [3.8, 4) is 0 Å². The molecule has 5 heteroatoms. The first-order valence-corrected chi connectivity index (χ1v) is 9.22. The van der Waals surface area contributed by atoms with Crippen LogP contribution in [0.25, 0.3) is 5.57 Å². The van der Waals surface area contributed by atoms with E-state index in [4.69, 9.17) is 4.74 Å². The summed E-state index contributed by atoms with van der Waals surface area (Å²) in [6.07, 6.45) is 5.62. The van der Waals surface area contributed by atoms with Gasteiger partial charge in [0, 0.05) is 30.3 Å². The van der Waals surface area contributed by atoms with E-state index in [-0.39, 0.29) is 11.9 Å². The van der Waals surface area contributed by atoms with Crippen LogP contribution >= 0.6 is 0 Å². The van der Waals surface area contributed by atoms with Crippen LogP contribution in [0.2, 0.25) is 0 Å². The van der Waals surface area contributed by atoms with Gasteiger partial charge in [0.2, 0.25) is 6.20 Å². The van der Waals surface area contributed by atoms with Gasteiger partial charge in [-0.3, -0.25) is 0 Å². The number of rotatable bonds is 3. The number of aromatic nitrogens is 1. The van der Waals surface area contributed by atoms with E-state index in [0.717, 1.165) is 11.1 Å². The lowest BCUT2D eigenvalue weighted by Gasteiger charge is -2.29. The van der Waals surface area contributed by atoms with E-state index in [0.29, 0.717) is 31.6 Å². The van der Waals surface area contributed by atoms with Crippen molar-refractivity contribution in [1.82, 2.24) is 4.90 Å². The Labute approximate surface area is 159 Å². The van der Waals surface area contributed by atoms with Gasteiger partial charge in [0.1, 0.15) is 5.60 Å². The summed E-state index contributed by atoms with van der Waals surface area (Å²) < 4.78 is 21.9. The third kappa shape index (κ3) is 5.16. The molecule has 2 heterocycles. The molecule has 3 rings (SSSR count). The Hall–Kier alpha value is -2.69. The molecule has 2 aromatic rings. The van der Waals surface area contributed by atoms with Crippen LogP contribution in [0, 0.1) is 5.82 Å². The van der Waals surface area contributed by atoms with E-state index in [1.807, 2.05) is 74.0 Å². The predicted octanol–water partition coefficient (Wildman–Crippen LogP) is 4.19. The van der Waals surface area contributed by atoms with Gasteiger partial charge < -0.3 is 9.64 Å². The molecule has 1 amide bonds. The topological polar surface area (TPSA) is 33.4 Å². The number of carbonyl (C=O) groups excluding carboxylic acids is 1. The lowest BCUT2D eigenvalue weighted by molar-refractivity contribution is -0.689. The lowest BCUT2D eigenvalue weighted by atomic mass is 10.00. The monoisotopic (exact) mass is 369 g/mol. The minimum atomic E-state index is -0.515. The third-order valence-corrected chi connectivity index (χ3v) is 4.38. The van der Waals surface area contributed by atoms with E-state index in [2.05, 4.69) is 0 Å². The summed E-state index contributed by atoms with van der Waals surface area (Å²) in [5.74, 6) is -0.245. The first kappa shape index (κ1) is 19.1. The van der Waals surface area contributed by atoms with Crippen molar-refractivity contribution in [3.63, 3.8) is 0 Å². The molecule has 1 aromatic heterocycles. The second kappa shape index (κ2) is 7.91. The summed E-state index contributed by atoms with van der Waals surface area (Å²) in [5, 5.41) is 0. The quantitative estimate of drug-likeness (QED) is 0.761. The van der Waals surface area contributed by atoms with Crippen LogP contribution in [0.5, 0.6) is 0 Å². The van der Waals surface area contributed by atoms with E-state index < -0.39 is 5.60 Å². The van der Waals surface area contributed by atoms with Crippen molar-refractivity contribution >= 4 is 11.7 Å². The zero-order valence-corrected chi connectivity index (χ0v) is 16.1. The van der Waals surface area contributed by atoms with E-state index in [9.17, 15) is 9.18 Å². The van der Waals surface area contributed by atoms with Gasteiger partial charge >= 0.3 is 6.09 Å². The first-order chi connectivity index (χ1) is 12.8. The maximum atomic E-state index is 14.6. The zero-order valence-electron chi connectivity index (χ0n) is 16.1. The van der Waals surface area contributed by atoms with Crippen LogP contribution in [0.4, 0.5) is 9.18 Å². The van der Waals surface area contributed by atoms with Gasteiger partial charge in [-0.05, 0) is 32.8 Å². The van der Waals surface area contributed by atoms with Gasteiger partial charge in [0.15, 0.2) is 18.6 Å². The Morgan fingerprint density at radius 1 is 1.22 bits per heavy atom. The van der Waals surface area contributed by atoms with E-state index >= 15 is 0 Å². The van der Waals surface area contributed by atoms with E-state index in [1.165, 1.54) is 6.20 Å². The Balaban J connectivity index is 1.68. The van der Waals surface area contributed by atoms with Gasteiger partial charge in [0.25, 0.3) is 0 Å². The third-order valence-electron chi connectivity index (χ3n) is 4.38. The van der Waals surface area contributed by atoms with Crippen LogP contribution in [-0.4, -0.2) is 29.7 Å². The molecular weight excluding hydrogens is 343 g/mol. The van der Waals surface area contributed by atoms with Gasteiger partial charge in [-0.2, -0.15) is 8.96 Å². The SMILES string of the molecule is CC(C)(C)OC(=O)N1CC=C(c2cc[n+](Cc3ccccc3)cc2F)CC1. The normalized spacial score (nSPS) is 14.7. The van der Waals surface area contributed by atoms with Gasteiger partial charge in [-0.25, -0.2) is 4.79 Å². The van der Waals surface area contributed by atoms with Crippen LogP contribution in [0.15, 0.2) is 54.9 Å². The fraction of sp³-hybridized carbons (Fsp3) is 0.364. The maximum absolute atomic E-state index is 14.6. The summed E-state index contributed by atoms with van der Waals surface area (Å²) >= 11 is 0. The highest BCUT2D eigenvalue weighted by molar-refractivity contribution is 5.72. The highest BCUT2D eigenvalue weighted by atomic mass is 19.1. The molecule has 142 valence electrons. The summed E-state index contributed by atoms with van der Waals surface area (Å²) in [6.45, 7) is 7.13. The second-order valence-electron chi connectivity index (χ2n) is 7.77. The van der Waals surface area contributed by atoms with Crippen molar-refractivity contribution in [2.45, 2.75) is 39.3 Å². The summed E-state index contributed by atoms with van der Waals surface area (Å²) in [4.78, 5) is 13.8. The standard InChI is InChI=1S/C22H26FN2O2/c1-22(2,3)27-21(26)25-13-9-18(10-14-25)19-11-12-24(16-20(19)23)15-17-7-5-4-6-8-17/h4-9,11-12,16H,10,13-15H2,1-3H3/q+1. The van der Waals surface area contributed by atoms with Crippen LogP contribution < -0.4 is 4.57 Å². The van der Waals surface area contributed by atoms with Crippen LogP contribution in [0.3, 0.4) is 0 Å². The molecule has 0 N–H and O–H groups in total. The number of amides is 1. The first-order valence-electron chi connectivity index (χ1n) is 9.22. The minimum Gasteiger partial charge on any atom is -0.444 e. The summed E-state index contributed by atoms with van der Waals surface area (Å²) in [7, 11) is 0. The number of halogens is 1. The van der Waals surface area contributed by atoms with Crippen molar-refractivity contribution in [3.05, 3.63) is 71.8 Å². The highest BCUT2D eigenvalue weighted by Crippen LogP contribution is 2.24. The number of benzene rings is 1. The fourth-order valence-corrected chi connectivity index (χ4v) is 3.07. The van der Waals surface area contributed by atoms with Crippen molar-refractivity contribution in [2.24, 2.45) is 0 Å². The van der Waals surface area contributed by atoms with E-state index in [1.54, 1.807) is 4.90 Å². The number of hydrogen-bond acceptors (Lipinski definition) is 2. The van der Waals surface area contributed by atoms with Crippen LogP contribution in [-0.2, 0) is 11.3 Å². The molecule has 1 aromatic carbocycles. The molecule has 0 atom stereocenters. The Bertz CT molecular complexity index is 841. The average Bonchev–Trinajstić information content (AvgIpc) is 2.61. The van der Waals surface area contributed by atoms with Crippen molar-refractivity contribution < 1.29 is 18.5 Å². The maximum Gasteiger partial charge on any atom is 0.410 e. The molecule has 4 nitrogen and oxygen atoms in total.